The molecule has 4 atom stereocenters. The minimum atomic E-state index is -2.26. The van der Waals surface area contributed by atoms with E-state index in [1.807, 2.05) is 54.5 Å². The average molecular weight is 813 g/mol. The van der Waals surface area contributed by atoms with Gasteiger partial charge in [0.2, 0.25) is 5.88 Å². The predicted molar refractivity (Wildman–Crippen MR) is 229 cm³/mol. The summed E-state index contributed by atoms with van der Waals surface area (Å²) in [6.07, 6.45) is 4.30. The standard InChI is InChI=1S/C45H61FN6O5Si/c1-28(2)58(29(3)4,30(5)6)20-17-35-37(46)15-14-31-21-34(56-27-54-11)23-36(42(31)35)43-38-22-33(51(43)44(53)57-45(7,8)9)25-50(38)41-16-18-47-39-24-40(48-52(39)41)55-26-32-13-12-19-49(32)10/h14-16,18,21,23-24,28-30,32-33,38,43H,12-13,19,22,25-27H2,1-11H3. The highest BCUT2D eigenvalue weighted by Gasteiger charge is 2.55. The number of anilines is 1. The number of ether oxygens (including phenoxy) is 4. The first-order valence-corrected chi connectivity index (χ1v) is 23.1. The number of aromatic nitrogens is 3. The molecular weight excluding hydrogens is 752 g/mol. The molecule has 3 saturated heterocycles. The number of hydrogen-bond acceptors (Lipinski definition) is 9. The normalized spacial score (nSPS) is 21.2. The number of benzene rings is 2. The van der Waals surface area contributed by atoms with Crippen molar-refractivity contribution in [1.82, 2.24) is 24.4 Å². The van der Waals surface area contributed by atoms with E-state index in [0.29, 0.717) is 70.5 Å². The first-order valence-electron chi connectivity index (χ1n) is 20.9. The van der Waals surface area contributed by atoms with E-state index < -0.39 is 31.6 Å². The molecule has 0 aliphatic carbocycles. The number of fused-ring (bicyclic) bond motifs is 4. The monoisotopic (exact) mass is 812 g/mol. The number of carbonyl (C=O) groups is 1. The fourth-order valence-electron chi connectivity index (χ4n) is 10.1. The van der Waals surface area contributed by atoms with Gasteiger partial charge in [0.1, 0.15) is 37.7 Å². The van der Waals surface area contributed by atoms with Crippen LogP contribution in [0.25, 0.3) is 16.4 Å². The highest BCUT2D eigenvalue weighted by Crippen LogP contribution is 2.50. The molecule has 7 rings (SSSR count). The average Bonchev–Trinajstić information content (AvgIpc) is 3.95. The van der Waals surface area contributed by atoms with Gasteiger partial charge in [0, 0.05) is 37.3 Å². The molecule has 0 N–H and O–H groups in total. The number of carbonyl (C=O) groups excluding carboxylic acids is 1. The number of likely N-dealkylation sites (N-methyl/N-ethyl adjacent to an activating group) is 1. The maximum absolute atomic E-state index is 16.5. The lowest BCUT2D eigenvalue weighted by molar-refractivity contribution is 0.0114. The Kier molecular flexibility index (Phi) is 11.8. The molecule has 2 aromatic heterocycles. The molecule has 3 aliphatic heterocycles. The van der Waals surface area contributed by atoms with Crippen molar-refractivity contribution in [2.24, 2.45) is 0 Å². The van der Waals surface area contributed by atoms with E-state index in [1.165, 1.54) is 6.07 Å². The second-order valence-electron chi connectivity index (χ2n) is 18.3. The number of likely N-dealkylation sites (tertiary alicyclic amines) is 2. The van der Waals surface area contributed by atoms with E-state index in [4.69, 9.17) is 24.0 Å². The third kappa shape index (κ3) is 7.75. The van der Waals surface area contributed by atoms with Crippen LogP contribution in [0.4, 0.5) is 15.0 Å². The first-order chi connectivity index (χ1) is 27.5. The molecule has 13 heteroatoms. The van der Waals surface area contributed by atoms with Crippen LogP contribution in [0, 0.1) is 17.3 Å². The van der Waals surface area contributed by atoms with Crippen LogP contribution in [0.3, 0.4) is 0 Å². The first kappa shape index (κ1) is 41.8. The van der Waals surface area contributed by atoms with Gasteiger partial charge in [-0.3, -0.25) is 4.90 Å². The third-order valence-corrected chi connectivity index (χ3v) is 19.0. The van der Waals surface area contributed by atoms with Crippen LogP contribution in [0.15, 0.2) is 42.6 Å². The molecule has 3 aliphatic rings. The van der Waals surface area contributed by atoms with E-state index in [0.717, 1.165) is 36.2 Å². The number of nitrogens with zero attached hydrogens (tertiary/aromatic N) is 6. The van der Waals surface area contributed by atoms with Gasteiger partial charge >= 0.3 is 6.09 Å². The van der Waals surface area contributed by atoms with Crippen molar-refractivity contribution in [2.75, 3.05) is 45.5 Å². The molecule has 1 amide bonds. The summed E-state index contributed by atoms with van der Waals surface area (Å²) in [7, 11) is 1.45. The summed E-state index contributed by atoms with van der Waals surface area (Å²) in [5, 5.41) is 6.35. The SMILES string of the molecule is COCOc1cc(C2C3CC(CN3c3ccnc4cc(OCC5CCCN5C)nn34)N2C(=O)OC(C)(C)C)c2c(C#C[Si](C(C)C)(C(C)C)C(C)C)c(F)ccc2c1. The second-order valence-corrected chi connectivity index (χ2v) is 23.9. The summed E-state index contributed by atoms with van der Waals surface area (Å²) < 4.78 is 42.2. The zero-order valence-corrected chi connectivity index (χ0v) is 37.1. The number of amides is 1. The summed E-state index contributed by atoms with van der Waals surface area (Å²) in [4.78, 5) is 25.6. The molecule has 4 unspecified atom stereocenters. The molecule has 3 fully saturated rings. The topological polar surface area (TPSA) is 93.9 Å². The number of rotatable bonds is 11. The molecule has 2 aromatic carbocycles. The van der Waals surface area contributed by atoms with E-state index in [9.17, 15) is 4.79 Å². The van der Waals surface area contributed by atoms with Gasteiger partial charge in [0.25, 0.3) is 0 Å². The van der Waals surface area contributed by atoms with Gasteiger partial charge in [-0.1, -0.05) is 53.5 Å². The van der Waals surface area contributed by atoms with Gasteiger partial charge in [0.15, 0.2) is 12.4 Å². The number of piperazine rings is 1. The predicted octanol–water partition coefficient (Wildman–Crippen LogP) is 8.99. The Balaban J connectivity index is 1.39. The molecule has 2 bridgehead atoms. The molecule has 312 valence electrons. The highest BCUT2D eigenvalue weighted by atomic mass is 28.3. The van der Waals surface area contributed by atoms with Crippen LogP contribution in [-0.2, 0) is 9.47 Å². The van der Waals surface area contributed by atoms with Gasteiger partial charge in [0.05, 0.1) is 23.7 Å². The van der Waals surface area contributed by atoms with E-state index >= 15 is 4.39 Å². The molecule has 4 aromatic rings. The van der Waals surface area contributed by atoms with Crippen LogP contribution in [0.1, 0.15) is 98.7 Å². The summed E-state index contributed by atoms with van der Waals surface area (Å²) in [5.41, 5.74) is 5.90. The zero-order valence-electron chi connectivity index (χ0n) is 36.1. The van der Waals surface area contributed by atoms with E-state index in [-0.39, 0.29) is 18.9 Å². The molecule has 58 heavy (non-hydrogen) atoms. The van der Waals surface area contributed by atoms with Gasteiger partial charge in [-0.25, -0.2) is 14.2 Å². The lowest BCUT2D eigenvalue weighted by Gasteiger charge is -2.42. The molecule has 0 spiro atoms. The summed E-state index contributed by atoms with van der Waals surface area (Å²) in [6, 6.07) is 10.3. The maximum Gasteiger partial charge on any atom is 0.411 e. The van der Waals surface area contributed by atoms with Gasteiger partial charge in [-0.2, -0.15) is 4.52 Å². The Labute approximate surface area is 344 Å². The fraction of sp³-hybridized carbons (Fsp3) is 0.578. The van der Waals surface area contributed by atoms with Gasteiger partial charge in [-0.05, 0) is 105 Å². The van der Waals surface area contributed by atoms with Crippen molar-refractivity contribution in [3.8, 4) is 23.1 Å². The van der Waals surface area contributed by atoms with Crippen molar-refractivity contribution in [3.05, 3.63) is 59.5 Å². The van der Waals surface area contributed by atoms with E-state index in [1.54, 1.807) is 19.4 Å². The molecular formula is C45H61FN6O5Si. The van der Waals surface area contributed by atoms with Crippen molar-refractivity contribution in [1.29, 1.82) is 0 Å². The quantitative estimate of drug-likeness (QED) is 0.0836. The number of halogens is 1. The molecule has 0 saturated carbocycles. The van der Waals surface area contributed by atoms with Crippen molar-refractivity contribution < 1.29 is 28.1 Å². The fourth-order valence-corrected chi connectivity index (χ4v) is 15.3. The van der Waals surface area contributed by atoms with Crippen LogP contribution in [-0.4, -0.2) is 103 Å². The van der Waals surface area contributed by atoms with Crippen molar-refractivity contribution in [2.45, 2.75) is 128 Å². The Morgan fingerprint density at radius 2 is 1.78 bits per heavy atom. The van der Waals surface area contributed by atoms with Gasteiger partial charge in [-0.15, -0.1) is 10.6 Å². The minimum Gasteiger partial charge on any atom is -0.475 e. The number of hydrogen-bond donors (Lipinski definition) is 0. The molecule has 0 radical (unpaired) electrons. The molecule has 5 heterocycles. The summed E-state index contributed by atoms with van der Waals surface area (Å²) >= 11 is 0. The van der Waals surface area contributed by atoms with Crippen LogP contribution in [0.5, 0.6) is 11.6 Å². The Morgan fingerprint density at radius 1 is 1.03 bits per heavy atom. The Bertz CT molecular complexity index is 2190. The highest BCUT2D eigenvalue weighted by molar-refractivity contribution is 6.90. The third-order valence-electron chi connectivity index (χ3n) is 12.7. The Morgan fingerprint density at radius 3 is 2.43 bits per heavy atom. The lowest BCUT2D eigenvalue weighted by atomic mass is 9.90. The van der Waals surface area contributed by atoms with Crippen molar-refractivity contribution >= 4 is 36.4 Å². The zero-order chi connectivity index (χ0) is 41.7. The van der Waals surface area contributed by atoms with Gasteiger partial charge < -0.3 is 28.7 Å². The molecule has 11 nitrogen and oxygen atoms in total. The largest absolute Gasteiger partial charge is 0.475 e. The summed E-state index contributed by atoms with van der Waals surface area (Å²) in [5.74, 6) is 5.00. The van der Waals surface area contributed by atoms with Crippen LogP contribution in [0.2, 0.25) is 16.6 Å². The number of methoxy groups -OCH3 is 1. The van der Waals surface area contributed by atoms with Crippen LogP contribution < -0.4 is 14.4 Å². The van der Waals surface area contributed by atoms with E-state index in [2.05, 4.69) is 74.8 Å². The smallest absolute Gasteiger partial charge is 0.411 e. The summed E-state index contributed by atoms with van der Waals surface area (Å²) in [6.45, 7) is 21.4. The maximum atomic E-state index is 16.5. The minimum absolute atomic E-state index is 0.0262. The lowest BCUT2D eigenvalue weighted by Crippen LogP contribution is -2.52. The Hall–Kier alpha value is -4.38. The van der Waals surface area contributed by atoms with Crippen molar-refractivity contribution in [3.63, 3.8) is 0 Å². The second kappa shape index (κ2) is 16.3. The van der Waals surface area contributed by atoms with Crippen LogP contribution >= 0.6 is 0 Å².